The fourth-order valence-electron chi connectivity index (χ4n) is 4.31. The van der Waals surface area contributed by atoms with Gasteiger partial charge in [-0.05, 0) is 43.8 Å². The zero-order valence-electron chi connectivity index (χ0n) is 13.3. The molecule has 1 saturated heterocycles. The van der Waals surface area contributed by atoms with Crippen LogP contribution in [0, 0.1) is 17.8 Å². The van der Waals surface area contributed by atoms with Gasteiger partial charge in [-0.2, -0.15) is 0 Å². The second kappa shape index (κ2) is 5.80. The first-order valence-electron chi connectivity index (χ1n) is 8.04. The Morgan fingerprint density at radius 2 is 1.95 bits per heavy atom. The molecule has 2 aliphatic rings. The van der Waals surface area contributed by atoms with Crippen molar-refractivity contribution in [3.63, 3.8) is 0 Å². The second-order valence-corrected chi connectivity index (χ2v) is 7.08. The maximum Gasteiger partial charge on any atom is 0.223 e. The van der Waals surface area contributed by atoms with E-state index in [1.807, 2.05) is 6.07 Å². The Bertz CT molecular complexity index is 499. The van der Waals surface area contributed by atoms with Crippen LogP contribution in [-0.2, 0) is 11.3 Å². The molecule has 1 aliphatic heterocycles. The number of fused-ring (bicyclic) bond motifs is 1. The summed E-state index contributed by atoms with van der Waals surface area (Å²) >= 11 is 0. The predicted octanol–water partition coefficient (Wildman–Crippen LogP) is 2.62. The number of likely N-dealkylation sites (tertiary alicyclic amines) is 1. The topological polar surface area (TPSA) is 23.6 Å². The minimum Gasteiger partial charge on any atom is -0.335 e. The van der Waals surface area contributed by atoms with Crippen molar-refractivity contribution >= 4 is 5.91 Å². The molecule has 114 valence electrons. The molecule has 0 unspecified atom stereocenters. The minimum absolute atomic E-state index is 0.351. The van der Waals surface area contributed by atoms with E-state index in [-0.39, 0.29) is 0 Å². The van der Waals surface area contributed by atoms with Crippen LogP contribution < -0.4 is 0 Å². The maximum absolute atomic E-state index is 12.4. The average molecular weight is 286 g/mol. The molecule has 0 spiro atoms. The maximum atomic E-state index is 12.4. The lowest BCUT2D eigenvalue weighted by Crippen LogP contribution is -2.33. The summed E-state index contributed by atoms with van der Waals surface area (Å²) in [7, 11) is 4.27. The normalized spacial score (nSPS) is 32.0. The Morgan fingerprint density at radius 1 is 1.24 bits per heavy atom. The number of hydrogen-bond donors (Lipinski definition) is 0. The van der Waals surface area contributed by atoms with Crippen molar-refractivity contribution in [1.82, 2.24) is 9.80 Å². The lowest BCUT2D eigenvalue weighted by molar-refractivity contribution is -0.129. The SMILES string of the molecule is C[C@H]1C[C@@H]2[C@@H](CC(=O)N2Cc2ccccc2)[C@@H]1CN(C)C. The Morgan fingerprint density at radius 3 is 2.62 bits per heavy atom. The van der Waals surface area contributed by atoms with Crippen LogP contribution >= 0.6 is 0 Å². The smallest absolute Gasteiger partial charge is 0.223 e. The Labute approximate surface area is 127 Å². The number of rotatable bonds is 4. The lowest BCUT2D eigenvalue weighted by Gasteiger charge is -2.25. The van der Waals surface area contributed by atoms with E-state index in [9.17, 15) is 4.79 Å². The van der Waals surface area contributed by atoms with Gasteiger partial charge in [0.2, 0.25) is 5.91 Å². The van der Waals surface area contributed by atoms with Gasteiger partial charge in [0.25, 0.3) is 0 Å². The van der Waals surface area contributed by atoms with Crippen molar-refractivity contribution in [2.75, 3.05) is 20.6 Å². The van der Waals surface area contributed by atoms with Crippen molar-refractivity contribution in [3.8, 4) is 0 Å². The molecule has 3 heteroatoms. The van der Waals surface area contributed by atoms with Crippen LogP contribution in [0.3, 0.4) is 0 Å². The van der Waals surface area contributed by atoms with Crippen LogP contribution in [0.4, 0.5) is 0 Å². The summed E-state index contributed by atoms with van der Waals surface area (Å²) in [6.07, 6.45) is 1.92. The summed E-state index contributed by atoms with van der Waals surface area (Å²) < 4.78 is 0. The molecular weight excluding hydrogens is 260 g/mol. The fraction of sp³-hybridized carbons (Fsp3) is 0.611. The summed E-state index contributed by atoms with van der Waals surface area (Å²) in [5.41, 5.74) is 1.25. The molecule has 0 aromatic heterocycles. The predicted molar refractivity (Wildman–Crippen MR) is 84.7 cm³/mol. The molecule has 2 fully saturated rings. The van der Waals surface area contributed by atoms with Gasteiger partial charge in [-0.1, -0.05) is 37.3 Å². The largest absolute Gasteiger partial charge is 0.335 e. The molecule has 4 atom stereocenters. The highest BCUT2D eigenvalue weighted by Gasteiger charge is 2.50. The summed E-state index contributed by atoms with van der Waals surface area (Å²) in [5.74, 6) is 2.28. The summed E-state index contributed by atoms with van der Waals surface area (Å²) in [4.78, 5) is 16.9. The van der Waals surface area contributed by atoms with Crippen LogP contribution in [0.15, 0.2) is 30.3 Å². The molecule has 3 rings (SSSR count). The Kier molecular flexibility index (Phi) is 4.03. The number of hydrogen-bond acceptors (Lipinski definition) is 2. The molecule has 3 nitrogen and oxygen atoms in total. The minimum atomic E-state index is 0.351. The zero-order valence-corrected chi connectivity index (χ0v) is 13.3. The van der Waals surface area contributed by atoms with Crippen molar-refractivity contribution in [2.45, 2.75) is 32.4 Å². The van der Waals surface area contributed by atoms with Crippen LogP contribution in [0.25, 0.3) is 0 Å². The van der Waals surface area contributed by atoms with Gasteiger partial charge in [-0.25, -0.2) is 0 Å². The van der Waals surface area contributed by atoms with Gasteiger partial charge in [0.05, 0.1) is 0 Å². The van der Waals surface area contributed by atoms with Crippen LogP contribution in [-0.4, -0.2) is 42.4 Å². The molecule has 1 aromatic carbocycles. The van der Waals surface area contributed by atoms with Crippen molar-refractivity contribution in [3.05, 3.63) is 35.9 Å². The second-order valence-electron chi connectivity index (χ2n) is 7.08. The highest BCUT2D eigenvalue weighted by molar-refractivity contribution is 5.79. The van der Waals surface area contributed by atoms with E-state index in [0.717, 1.165) is 19.5 Å². The molecule has 0 bridgehead atoms. The third-order valence-corrected chi connectivity index (χ3v) is 5.29. The molecule has 0 radical (unpaired) electrons. The van der Waals surface area contributed by atoms with Crippen molar-refractivity contribution in [2.24, 2.45) is 17.8 Å². The van der Waals surface area contributed by atoms with E-state index < -0.39 is 0 Å². The molecule has 1 saturated carbocycles. The third-order valence-electron chi connectivity index (χ3n) is 5.29. The molecule has 1 amide bonds. The molecule has 1 aliphatic carbocycles. The monoisotopic (exact) mass is 286 g/mol. The van der Waals surface area contributed by atoms with E-state index in [0.29, 0.717) is 29.7 Å². The Balaban J connectivity index is 1.75. The Hall–Kier alpha value is -1.35. The number of benzene rings is 1. The quantitative estimate of drug-likeness (QED) is 0.849. The van der Waals surface area contributed by atoms with E-state index >= 15 is 0 Å². The molecule has 21 heavy (non-hydrogen) atoms. The standard InChI is InChI=1S/C18H26N2O/c1-13-9-17-15(16(13)12-19(2)3)10-18(21)20(17)11-14-7-5-4-6-8-14/h4-8,13,15-17H,9-12H2,1-3H3/t13-,15-,16+,17+/m0/s1. The fourth-order valence-corrected chi connectivity index (χ4v) is 4.31. The number of nitrogens with zero attached hydrogens (tertiary/aromatic N) is 2. The van der Waals surface area contributed by atoms with Crippen molar-refractivity contribution in [1.29, 1.82) is 0 Å². The van der Waals surface area contributed by atoms with Gasteiger partial charge in [0.1, 0.15) is 0 Å². The third kappa shape index (κ3) is 2.84. The molecule has 1 aromatic rings. The first kappa shape index (κ1) is 14.6. The van der Waals surface area contributed by atoms with Gasteiger partial charge >= 0.3 is 0 Å². The van der Waals surface area contributed by atoms with Crippen molar-refractivity contribution < 1.29 is 4.79 Å². The van der Waals surface area contributed by atoms with Crippen LogP contribution in [0.1, 0.15) is 25.3 Å². The lowest BCUT2D eigenvalue weighted by atomic mass is 9.88. The first-order valence-corrected chi connectivity index (χ1v) is 8.04. The van der Waals surface area contributed by atoms with Crippen LogP contribution in [0.2, 0.25) is 0 Å². The van der Waals surface area contributed by atoms with Crippen LogP contribution in [0.5, 0.6) is 0 Å². The molecule has 1 heterocycles. The average Bonchev–Trinajstić information content (AvgIpc) is 2.89. The van der Waals surface area contributed by atoms with Gasteiger partial charge in [0, 0.05) is 25.6 Å². The van der Waals surface area contributed by atoms with E-state index in [1.54, 1.807) is 0 Å². The summed E-state index contributed by atoms with van der Waals surface area (Å²) in [6.45, 7) is 4.24. The highest BCUT2D eigenvalue weighted by atomic mass is 16.2. The van der Waals surface area contributed by atoms with Gasteiger partial charge < -0.3 is 9.80 Å². The summed E-state index contributed by atoms with van der Waals surface area (Å²) in [6, 6.07) is 10.8. The van der Waals surface area contributed by atoms with Gasteiger partial charge in [-0.15, -0.1) is 0 Å². The molecule has 0 N–H and O–H groups in total. The highest BCUT2D eigenvalue weighted by Crippen LogP contribution is 2.46. The van der Waals surface area contributed by atoms with E-state index in [1.165, 1.54) is 12.0 Å². The number of carbonyl (C=O) groups excluding carboxylic acids is 1. The first-order chi connectivity index (χ1) is 10.1. The van der Waals surface area contributed by atoms with Gasteiger partial charge in [-0.3, -0.25) is 4.79 Å². The number of amides is 1. The summed E-state index contributed by atoms with van der Waals surface area (Å²) in [5, 5.41) is 0. The molecular formula is C18H26N2O. The van der Waals surface area contributed by atoms with E-state index in [2.05, 4.69) is 55.1 Å². The van der Waals surface area contributed by atoms with Gasteiger partial charge in [0.15, 0.2) is 0 Å². The zero-order chi connectivity index (χ0) is 15.0. The van der Waals surface area contributed by atoms with E-state index in [4.69, 9.17) is 0 Å². The number of carbonyl (C=O) groups is 1.